The van der Waals surface area contributed by atoms with E-state index in [1.807, 2.05) is 42.5 Å². The van der Waals surface area contributed by atoms with Gasteiger partial charge in [0.1, 0.15) is 5.78 Å². The standard InChI is InChI=1S/C26H34N6O2/c1-2-3-16-27-24-30-25(28-17-15-20-8-5-4-6-9-20)32-26(31-24)29-22-13-11-21(12-14-22)19-23(34)10-7-18-33/h4-6,8-9,11-14,33H,2-3,7,10,15-19H2,1H3,(H3,27,28,29,30,31,32). The zero-order chi connectivity index (χ0) is 24.0. The van der Waals surface area contributed by atoms with Crippen LogP contribution in [0.3, 0.4) is 0 Å². The Hall–Kier alpha value is -3.52. The summed E-state index contributed by atoms with van der Waals surface area (Å²) in [5, 5.41) is 18.7. The van der Waals surface area contributed by atoms with Gasteiger partial charge in [-0.15, -0.1) is 0 Å². The van der Waals surface area contributed by atoms with E-state index >= 15 is 0 Å². The number of aliphatic hydroxyl groups is 1. The van der Waals surface area contributed by atoms with Crippen LogP contribution in [0.15, 0.2) is 54.6 Å². The van der Waals surface area contributed by atoms with Gasteiger partial charge in [0.2, 0.25) is 17.8 Å². The summed E-state index contributed by atoms with van der Waals surface area (Å²) in [6, 6.07) is 17.9. The van der Waals surface area contributed by atoms with Gasteiger partial charge in [0.15, 0.2) is 0 Å². The third-order valence-corrected chi connectivity index (χ3v) is 5.21. The van der Waals surface area contributed by atoms with Crippen LogP contribution in [0.2, 0.25) is 0 Å². The van der Waals surface area contributed by atoms with Crippen molar-refractivity contribution in [2.24, 2.45) is 0 Å². The Balaban J connectivity index is 1.64. The van der Waals surface area contributed by atoms with Crippen LogP contribution in [0.4, 0.5) is 23.5 Å². The molecular weight excluding hydrogens is 428 g/mol. The van der Waals surface area contributed by atoms with Gasteiger partial charge in [0, 0.05) is 38.2 Å². The zero-order valence-electron chi connectivity index (χ0n) is 19.8. The van der Waals surface area contributed by atoms with Gasteiger partial charge < -0.3 is 21.1 Å². The number of anilines is 4. The summed E-state index contributed by atoms with van der Waals surface area (Å²) in [4.78, 5) is 25.5. The predicted octanol–water partition coefficient (Wildman–Crippen LogP) is 4.37. The lowest BCUT2D eigenvalue weighted by Gasteiger charge is -2.12. The number of aliphatic hydroxyl groups excluding tert-OH is 1. The number of ketones is 1. The third kappa shape index (κ3) is 8.78. The van der Waals surface area contributed by atoms with Gasteiger partial charge in [0.25, 0.3) is 0 Å². The van der Waals surface area contributed by atoms with Crippen molar-refractivity contribution in [1.82, 2.24) is 15.0 Å². The molecule has 0 fully saturated rings. The second kappa shape index (κ2) is 13.9. The van der Waals surface area contributed by atoms with Crippen LogP contribution in [0.25, 0.3) is 0 Å². The molecule has 0 bridgehead atoms. The van der Waals surface area contributed by atoms with E-state index in [0.717, 1.165) is 37.1 Å². The maximum Gasteiger partial charge on any atom is 0.233 e. The van der Waals surface area contributed by atoms with E-state index < -0.39 is 0 Å². The topological polar surface area (TPSA) is 112 Å². The van der Waals surface area contributed by atoms with Gasteiger partial charge in [-0.1, -0.05) is 55.8 Å². The molecule has 8 heteroatoms. The average Bonchev–Trinajstić information content (AvgIpc) is 2.85. The Morgan fingerprint density at radius 3 is 2.18 bits per heavy atom. The summed E-state index contributed by atoms with van der Waals surface area (Å²) in [7, 11) is 0. The summed E-state index contributed by atoms with van der Waals surface area (Å²) in [6.45, 7) is 3.69. The van der Waals surface area contributed by atoms with Crippen LogP contribution in [0.5, 0.6) is 0 Å². The van der Waals surface area contributed by atoms with Crippen molar-refractivity contribution in [2.75, 3.05) is 35.6 Å². The Morgan fingerprint density at radius 2 is 1.50 bits per heavy atom. The van der Waals surface area contributed by atoms with Crippen molar-refractivity contribution < 1.29 is 9.90 Å². The normalized spacial score (nSPS) is 10.6. The van der Waals surface area contributed by atoms with Crippen LogP contribution in [0, 0.1) is 0 Å². The molecule has 1 heterocycles. The predicted molar refractivity (Wildman–Crippen MR) is 137 cm³/mol. The molecule has 0 atom stereocenters. The Labute approximate surface area is 201 Å². The number of carbonyl (C=O) groups excluding carboxylic acids is 1. The number of rotatable bonds is 15. The molecule has 0 aliphatic carbocycles. The zero-order valence-corrected chi connectivity index (χ0v) is 19.8. The maximum atomic E-state index is 11.9. The van der Waals surface area contributed by atoms with E-state index in [9.17, 15) is 4.79 Å². The minimum absolute atomic E-state index is 0.0406. The second-order valence-electron chi connectivity index (χ2n) is 8.11. The van der Waals surface area contributed by atoms with Crippen molar-refractivity contribution in [2.45, 2.75) is 45.4 Å². The molecule has 34 heavy (non-hydrogen) atoms. The van der Waals surface area contributed by atoms with E-state index in [1.54, 1.807) is 0 Å². The molecule has 2 aromatic carbocycles. The number of unbranched alkanes of at least 4 members (excludes halogenated alkanes) is 1. The van der Waals surface area contributed by atoms with Crippen molar-refractivity contribution in [3.05, 3.63) is 65.7 Å². The SMILES string of the molecule is CCCCNc1nc(NCCc2ccccc2)nc(Nc2ccc(CC(=O)CCCO)cc2)n1. The van der Waals surface area contributed by atoms with E-state index in [2.05, 4.69) is 50.0 Å². The molecule has 3 aromatic rings. The second-order valence-corrected chi connectivity index (χ2v) is 8.11. The summed E-state index contributed by atoms with van der Waals surface area (Å²) in [5.41, 5.74) is 3.01. The van der Waals surface area contributed by atoms with Gasteiger partial charge in [-0.05, 0) is 42.5 Å². The molecule has 0 radical (unpaired) electrons. The van der Waals surface area contributed by atoms with Crippen molar-refractivity contribution in [3.63, 3.8) is 0 Å². The lowest BCUT2D eigenvalue weighted by Crippen LogP contribution is -2.13. The molecule has 4 N–H and O–H groups in total. The smallest absolute Gasteiger partial charge is 0.233 e. The fraction of sp³-hybridized carbons (Fsp3) is 0.385. The first-order valence-electron chi connectivity index (χ1n) is 11.9. The number of nitrogens with one attached hydrogen (secondary N) is 3. The van der Waals surface area contributed by atoms with Crippen LogP contribution >= 0.6 is 0 Å². The van der Waals surface area contributed by atoms with Crippen molar-refractivity contribution in [3.8, 4) is 0 Å². The lowest BCUT2D eigenvalue weighted by molar-refractivity contribution is -0.118. The molecule has 0 spiro atoms. The minimum atomic E-state index is 0.0406. The first kappa shape index (κ1) is 25.1. The molecule has 0 aliphatic heterocycles. The molecule has 0 unspecified atom stereocenters. The monoisotopic (exact) mass is 462 g/mol. The number of nitrogens with zero attached hydrogens (tertiary/aromatic N) is 3. The van der Waals surface area contributed by atoms with Gasteiger partial charge in [-0.2, -0.15) is 15.0 Å². The quantitative estimate of drug-likeness (QED) is 0.246. The molecule has 3 rings (SSSR count). The van der Waals surface area contributed by atoms with Crippen LogP contribution in [-0.2, 0) is 17.6 Å². The molecule has 0 saturated carbocycles. The van der Waals surface area contributed by atoms with Crippen molar-refractivity contribution >= 4 is 29.3 Å². The van der Waals surface area contributed by atoms with E-state index in [1.165, 1.54) is 5.56 Å². The fourth-order valence-electron chi connectivity index (χ4n) is 3.36. The molecule has 0 saturated heterocycles. The molecule has 0 amide bonds. The summed E-state index contributed by atoms with van der Waals surface area (Å²) >= 11 is 0. The van der Waals surface area contributed by atoms with Gasteiger partial charge >= 0.3 is 0 Å². The first-order valence-corrected chi connectivity index (χ1v) is 11.9. The van der Waals surface area contributed by atoms with E-state index in [0.29, 0.717) is 43.7 Å². The summed E-state index contributed by atoms with van der Waals surface area (Å²) in [6.07, 6.45) is 4.26. The highest BCUT2D eigenvalue weighted by molar-refractivity contribution is 5.81. The first-order chi connectivity index (χ1) is 16.7. The molecule has 180 valence electrons. The van der Waals surface area contributed by atoms with Crippen LogP contribution in [0.1, 0.15) is 43.7 Å². The number of Topliss-reactive ketones (excluding diaryl/α,β-unsaturated/α-hetero) is 1. The number of aromatic nitrogens is 3. The maximum absolute atomic E-state index is 11.9. The van der Waals surface area contributed by atoms with E-state index in [4.69, 9.17) is 5.11 Å². The summed E-state index contributed by atoms with van der Waals surface area (Å²) < 4.78 is 0. The molecule has 8 nitrogen and oxygen atoms in total. The number of hydrogen-bond acceptors (Lipinski definition) is 8. The lowest BCUT2D eigenvalue weighted by atomic mass is 10.1. The number of carbonyl (C=O) groups is 1. The van der Waals surface area contributed by atoms with Gasteiger partial charge in [-0.25, -0.2) is 0 Å². The number of benzene rings is 2. The van der Waals surface area contributed by atoms with Gasteiger partial charge in [-0.3, -0.25) is 4.79 Å². The summed E-state index contributed by atoms with van der Waals surface area (Å²) in [5.74, 6) is 1.61. The highest BCUT2D eigenvalue weighted by atomic mass is 16.3. The Morgan fingerprint density at radius 1 is 0.824 bits per heavy atom. The van der Waals surface area contributed by atoms with Gasteiger partial charge in [0.05, 0.1) is 0 Å². The highest BCUT2D eigenvalue weighted by Crippen LogP contribution is 2.17. The van der Waals surface area contributed by atoms with E-state index in [-0.39, 0.29) is 12.4 Å². The van der Waals surface area contributed by atoms with Crippen LogP contribution < -0.4 is 16.0 Å². The molecule has 0 aliphatic rings. The minimum Gasteiger partial charge on any atom is -0.396 e. The highest BCUT2D eigenvalue weighted by Gasteiger charge is 2.08. The third-order valence-electron chi connectivity index (χ3n) is 5.21. The number of hydrogen-bond donors (Lipinski definition) is 4. The molecular formula is C26H34N6O2. The fourth-order valence-corrected chi connectivity index (χ4v) is 3.36. The average molecular weight is 463 g/mol. The largest absolute Gasteiger partial charge is 0.396 e. The Kier molecular flexibility index (Phi) is 10.3. The Bertz CT molecular complexity index is 1010. The molecule has 1 aromatic heterocycles. The van der Waals surface area contributed by atoms with Crippen molar-refractivity contribution in [1.29, 1.82) is 0 Å². The van der Waals surface area contributed by atoms with Crippen LogP contribution in [-0.4, -0.2) is 45.5 Å².